The molecule has 0 aromatic heterocycles. The molecule has 1 saturated carbocycles. The highest BCUT2D eigenvalue weighted by Gasteiger charge is 2.34. The van der Waals surface area contributed by atoms with Crippen LogP contribution in [0.3, 0.4) is 0 Å². The minimum Gasteiger partial charge on any atom is -0.444 e. The van der Waals surface area contributed by atoms with Crippen LogP contribution in [-0.2, 0) is 4.74 Å². The number of likely N-dealkylation sites (tertiary alicyclic amines) is 1. The molecular formula is C20H38N2O3. The van der Waals surface area contributed by atoms with Gasteiger partial charge in [-0.25, -0.2) is 4.79 Å². The fraction of sp³-hybridized carbons (Fsp3) is 0.950. The van der Waals surface area contributed by atoms with Crippen molar-refractivity contribution in [2.45, 2.75) is 103 Å². The van der Waals surface area contributed by atoms with Crippen LogP contribution >= 0.6 is 0 Å². The molecule has 2 fully saturated rings. The Hall–Kier alpha value is -0.810. The van der Waals surface area contributed by atoms with E-state index in [0.29, 0.717) is 6.54 Å². The third-order valence-corrected chi connectivity index (χ3v) is 5.62. The van der Waals surface area contributed by atoms with Gasteiger partial charge >= 0.3 is 6.09 Å². The summed E-state index contributed by atoms with van der Waals surface area (Å²) in [5.74, 6) is 0.735. The molecule has 2 atom stereocenters. The van der Waals surface area contributed by atoms with E-state index in [4.69, 9.17) is 4.74 Å². The number of nitrogens with zero attached hydrogens (tertiary/aromatic N) is 1. The van der Waals surface area contributed by atoms with E-state index in [2.05, 4.69) is 19.2 Å². The van der Waals surface area contributed by atoms with Gasteiger partial charge in [0.1, 0.15) is 5.60 Å². The molecule has 5 nitrogen and oxygen atoms in total. The number of nitrogens with one attached hydrogen (secondary N) is 1. The smallest absolute Gasteiger partial charge is 0.410 e. The van der Waals surface area contributed by atoms with E-state index in [-0.39, 0.29) is 18.2 Å². The van der Waals surface area contributed by atoms with Crippen molar-refractivity contribution >= 4 is 6.09 Å². The Kier molecular flexibility index (Phi) is 6.77. The van der Waals surface area contributed by atoms with Crippen LogP contribution in [-0.4, -0.2) is 52.5 Å². The summed E-state index contributed by atoms with van der Waals surface area (Å²) in [5.41, 5.74) is -1.00. The quantitative estimate of drug-likeness (QED) is 0.790. The van der Waals surface area contributed by atoms with Crippen LogP contribution in [0.1, 0.15) is 79.6 Å². The van der Waals surface area contributed by atoms with Crippen LogP contribution in [0.2, 0.25) is 0 Å². The van der Waals surface area contributed by atoms with Gasteiger partial charge in [-0.1, -0.05) is 6.92 Å². The molecule has 25 heavy (non-hydrogen) atoms. The van der Waals surface area contributed by atoms with Crippen molar-refractivity contribution in [1.29, 1.82) is 0 Å². The lowest BCUT2D eigenvalue weighted by atomic mass is 9.79. The molecular weight excluding hydrogens is 316 g/mol. The summed E-state index contributed by atoms with van der Waals surface area (Å²) in [7, 11) is 0. The maximum absolute atomic E-state index is 12.4. The monoisotopic (exact) mass is 354 g/mol. The summed E-state index contributed by atoms with van der Waals surface area (Å²) in [6, 6.07) is 0.509. The van der Waals surface area contributed by atoms with E-state index in [0.717, 1.165) is 57.4 Å². The molecule has 1 aliphatic heterocycles. The number of amides is 1. The summed E-state index contributed by atoms with van der Waals surface area (Å²) >= 11 is 0. The van der Waals surface area contributed by atoms with Gasteiger partial charge in [-0.05, 0) is 78.6 Å². The average Bonchev–Trinajstić information content (AvgIpc) is 2.95. The van der Waals surface area contributed by atoms with Crippen molar-refractivity contribution in [2.24, 2.45) is 5.92 Å². The molecule has 1 amide bonds. The fourth-order valence-corrected chi connectivity index (χ4v) is 3.97. The van der Waals surface area contributed by atoms with E-state index in [1.54, 1.807) is 0 Å². The zero-order chi connectivity index (χ0) is 18.7. The van der Waals surface area contributed by atoms with Crippen molar-refractivity contribution in [3.63, 3.8) is 0 Å². The van der Waals surface area contributed by atoms with Crippen molar-refractivity contribution in [1.82, 2.24) is 10.2 Å². The predicted octanol–water partition coefficient (Wildman–Crippen LogP) is 3.70. The van der Waals surface area contributed by atoms with E-state index in [1.165, 1.54) is 0 Å². The summed E-state index contributed by atoms with van der Waals surface area (Å²) in [4.78, 5) is 14.3. The molecule has 0 aromatic rings. The van der Waals surface area contributed by atoms with E-state index in [1.807, 2.05) is 25.7 Å². The maximum Gasteiger partial charge on any atom is 0.410 e. The molecule has 1 heterocycles. The van der Waals surface area contributed by atoms with E-state index < -0.39 is 11.2 Å². The van der Waals surface area contributed by atoms with Crippen molar-refractivity contribution in [3.8, 4) is 0 Å². The number of carbonyl (C=O) groups is 1. The minimum atomic E-state index is -0.554. The second kappa shape index (κ2) is 8.26. The topological polar surface area (TPSA) is 61.8 Å². The molecule has 0 aromatic carbocycles. The first-order valence-electron chi connectivity index (χ1n) is 10.0. The Balaban J connectivity index is 1.79. The normalized spacial score (nSPS) is 31.8. The molecule has 2 rings (SSSR count). The third-order valence-electron chi connectivity index (χ3n) is 5.62. The van der Waals surface area contributed by atoms with Gasteiger partial charge < -0.3 is 20.1 Å². The van der Waals surface area contributed by atoms with Crippen LogP contribution in [0, 0.1) is 5.92 Å². The number of ether oxygens (including phenoxy) is 1. The van der Waals surface area contributed by atoms with Crippen LogP contribution in [0.25, 0.3) is 0 Å². The lowest BCUT2D eigenvalue weighted by Crippen LogP contribution is -2.48. The van der Waals surface area contributed by atoms with Gasteiger partial charge in [0.15, 0.2) is 0 Å². The van der Waals surface area contributed by atoms with Gasteiger partial charge in [-0.2, -0.15) is 0 Å². The maximum atomic E-state index is 12.4. The number of rotatable bonds is 5. The molecule has 1 saturated heterocycles. The van der Waals surface area contributed by atoms with Crippen molar-refractivity contribution in [3.05, 3.63) is 0 Å². The lowest BCUT2D eigenvalue weighted by Gasteiger charge is -2.36. The molecule has 2 aliphatic rings. The average molecular weight is 355 g/mol. The van der Waals surface area contributed by atoms with Gasteiger partial charge in [-0.3, -0.25) is 0 Å². The van der Waals surface area contributed by atoms with Crippen LogP contribution < -0.4 is 5.32 Å². The van der Waals surface area contributed by atoms with Gasteiger partial charge in [0.25, 0.3) is 0 Å². The largest absolute Gasteiger partial charge is 0.444 e. The Morgan fingerprint density at radius 2 is 1.96 bits per heavy atom. The molecule has 0 bridgehead atoms. The Morgan fingerprint density at radius 1 is 1.32 bits per heavy atom. The zero-order valence-corrected chi connectivity index (χ0v) is 16.8. The fourth-order valence-electron chi connectivity index (χ4n) is 3.97. The van der Waals surface area contributed by atoms with Crippen LogP contribution in [0.15, 0.2) is 0 Å². The summed E-state index contributed by atoms with van der Waals surface area (Å²) in [6.45, 7) is 11.6. The lowest BCUT2D eigenvalue weighted by molar-refractivity contribution is -0.00892. The SMILES string of the molecule is CC1CCC(O)(CNC(C)CC2CCCN2C(=O)OC(C)(C)C)CC1. The highest BCUT2D eigenvalue weighted by molar-refractivity contribution is 5.68. The van der Waals surface area contributed by atoms with Gasteiger partial charge in [0, 0.05) is 25.2 Å². The second-order valence-electron chi connectivity index (χ2n) is 9.39. The highest BCUT2D eigenvalue weighted by atomic mass is 16.6. The summed E-state index contributed by atoms with van der Waals surface area (Å²) < 4.78 is 5.54. The predicted molar refractivity (Wildman–Crippen MR) is 101 cm³/mol. The van der Waals surface area contributed by atoms with Crippen molar-refractivity contribution < 1.29 is 14.6 Å². The van der Waals surface area contributed by atoms with Crippen molar-refractivity contribution in [2.75, 3.05) is 13.1 Å². The number of hydrogen-bond acceptors (Lipinski definition) is 4. The molecule has 2 N–H and O–H groups in total. The Bertz CT molecular complexity index is 439. The molecule has 0 spiro atoms. The number of aliphatic hydroxyl groups is 1. The van der Waals surface area contributed by atoms with Gasteiger partial charge in [-0.15, -0.1) is 0 Å². The Morgan fingerprint density at radius 3 is 2.56 bits per heavy atom. The first kappa shape index (κ1) is 20.5. The van der Waals surface area contributed by atoms with Crippen LogP contribution in [0.5, 0.6) is 0 Å². The standard InChI is InChI=1S/C20H38N2O3/c1-15-8-10-20(24,11-9-15)14-21-16(2)13-17-7-6-12-22(17)18(23)25-19(3,4)5/h15-17,21,24H,6-14H2,1-5H3. The van der Waals surface area contributed by atoms with Gasteiger partial charge in [0.2, 0.25) is 0 Å². The first-order chi connectivity index (χ1) is 11.6. The summed E-state index contributed by atoms with van der Waals surface area (Å²) in [5, 5.41) is 14.2. The Labute approximate surface area is 153 Å². The minimum absolute atomic E-state index is 0.193. The van der Waals surface area contributed by atoms with Gasteiger partial charge in [0.05, 0.1) is 5.60 Å². The molecule has 5 heteroatoms. The van der Waals surface area contributed by atoms with E-state index >= 15 is 0 Å². The number of hydrogen-bond donors (Lipinski definition) is 2. The summed E-state index contributed by atoms with van der Waals surface area (Å²) in [6.07, 6.45) is 6.80. The highest BCUT2D eigenvalue weighted by Crippen LogP contribution is 2.31. The van der Waals surface area contributed by atoms with E-state index in [9.17, 15) is 9.90 Å². The number of carbonyl (C=O) groups excluding carboxylic acids is 1. The first-order valence-corrected chi connectivity index (χ1v) is 10.0. The third kappa shape index (κ3) is 6.45. The molecule has 146 valence electrons. The molecule has 1 aliphatic carbocycles. The molecule has 2 unspecified atom stereocenters. The molecule has 0 radical (unpaired) electrons. The van der Waals surface area contributed by atoms with Crippen LogP contribution in [0.4, 0.5) is 4.79 Å². The zero-order valence-electron chi connectivity index (χ0n) is 16.8. The second-order valence-corrected chi connectivity index (χ2v) is 9.39.